The van der Waals surface area contributed by atoms with Crippen molar-refractivity contribution in [2.24, 2.45) is 0 Å². The summed E-state index contributed by atoms with van der Waals surface area (Å²) in [6.07, 6.45) is 0. The maximum Gasteiger partial charge on any atom is 0.387 e. The van der Waals surface area contributed by atoms with Crippen LogP contribution in [0.5, 0.6) is 11.5 Å². The van der Waals surface area contributed by atoms with E-state index < -0.39 is 6.61 Å². The molecular formula is C17H16F2N4O2S. The SMILES string of the molecule is COc1cc(CSc2nnnn2-c2ccc(C)cc2)ccc1OC(F)F. The zero-order valence-corrected chi connectivity index (χ0v) is 14.9. The molecule has 0 N–H and O–H groups in total. The van der Waals surface area contributed by atoms with Gasteiger partial charge in [0.05, 0.1) is 12.8 Å². The minimum Gasteiger partial charge on any atom is -0.493 e. The summed E-state index contributed by atoms with van der Waals surface area (Å²) in [5.41, 5.74) is 2.88. The van der Waals surface area contributed by atoms with Gasteiger partial charge in [-0.3, -0.25) is 0 Å². The van der Waals surface area contributed by atoms with Crippen LogP contribution in [-0.4, -0.2) is 33.9 Å². The van der Waals surface area contributed by atoms with E-state index in [0.29, 0.717) is 10.9 Å². The fraction of sp³-hybridized carbons (Fsp3) is 0.235. The van der Waals surface area contributed by atoms with Crippen molar-refractivity contribution in [3.05, 3.63) is 53.6 Å². The number of hydrogen-bond donors (Lipinski definition) is 0. The first-order valence-electron chi connectivity index (χ1n) is 7.67. The lowest BCUT2D eigenvalue weighted by Crippen LogP contribution is -2.03. The highest BCUT2D eigenvalue weighted by Gasteiger charge is 2.13. The maximum absolute atomic E-state index is 12.4. The molecule has 2 aromatic carbocycles. The van der Waals surface area contributed by atoms with Gasteiger partial charge in [0.15, 0.2) is 11.5 Å². The van der Waals surface area contributed by atoms with E-state index in [4.69, 9.17) is 4.74 Å². The molecule has 3 rings (SSSR count). The van der Waals surface area contributed by atoms with E-state index in [2.05, 4.69) is 20.3 Å². The van der Waals surface area contributed by atoms with Gasteiger partial charge in [-0.15, -0.1) is 5.10 Å². The van der Waals surface area contributed by atoms with Gasteiger partial charge in [-0.05, 0) is 47.2 Å². The third-order valence-corrected chi connectivity index (χ3v) is 4.52. The van der Waals surface area contributed by atoms with Gasteiger partial charge in [0.25, 0.3) is 0 Å². The van der Waals surface area contributed by atoms with Crippen LogP contribution < -0.4 is 9.47 Å². The van der Waals surface area contributed by atoms with E-state index in [0.717, 1.165) is 16.8 Å². The van der Waals surface area contributed by atoms with Gasteiger partial charge in [-0.1, -0.05) is 35.5 Å². The number of tetrazole rings is 1. The molecule has 136 valence electrons. The number of ether oxygens (including phenoxy) is 2. The molecule has 9 heteroatoms. The molecule has 1 heterocycles. The van der Waals surface area contributed by atoms with Crippen LogP contribution in [0.15, 0.2) is 47.6 Å². The molecule has 0 saturated carbocycles. The van der Waals surface area contributed by atoms with E-state index in [-0.39, 0.29) is 11.5 Å². The summed E-state index contributed by atoms with van der Waals surface area (Å²) in [4.78, 5) is 0. The topological polar surface area (TPSA) is 62.1 Å². The lowest BCUT2D eigenvalue weighted by Gasteiger charge is -2.11. The predicted molar refractivity (Wildman–Crippen MR) is 93.1 cm³/mol. The van der Waals surface area contributed by atoms with Crippen molar-refractivity contribution >= 4 is 11.8 Å². The number of thioether (sulfide) groups is 1. The molecule has 0 unspecified atom stereocenters. The Bertz CT molecular complexity index is 871. The number of rotatable bonds is 7. The van der Waals surface area contributed by atoms with Gasteiger partial charge >= 0.3 is 6.61 Å². The van der Waals surface area contributed by atoms with Gasteiger partial charge < -0.3 is 9.47 Å². The van der Waals surface area contributed by atoms with E-state index >= 15 is 0 Å². The molecule has 0 fully saturated rings. The normalized spacial score (nSPS) is 11.0. The van der Waals surface area contributed by atoms with Crippen molar-refractivity contribution in [2.45, 2.75) is 24.4 Å². The second-order valence-electron chi connectivity index (χ2n) is 5.36. The number of halogens is 2. The molecule has 6 nitrogen and oxygen atoms in total. The Morgan fingerprint density at radius 3 is 2.58 bits per heavy atom. The number of aromatic nitrogens is 4. The zero-order chi connectivity index (χ0) is 18.5. The number of nitrogens with zero attached hydrogens (tertiary/aromatic N) is 4. The molecular weight excluding hydrogens is 362 g/mol. The summed E-state index contributed by atoms with van der Waals surface area (Å²) in [7, 11) is 1.41. The van der Waals surface area contributed by atoms with Crippen molar-refractivity contribution in [3.8, 4) is 17.2 Å². The number of aryl methyl sites for hydroxylation is 1. The number of methoxy groups -OCH3 is 1. The van der Waals surface area contributed by atoms with E-state index in [1.807, 2.05) is 31.2 Å². The second kappa shape index (κ2) is 8.13. The van der Waals surface area contributed by atoms with Crippen molar-refractivity contribution in [3.63, 3.8) is 0 Å². The summed E-state index contributed by atoms with van der Waals surface area (Å²) in [5.74, 6) is 0.791. The fourth-order valence-corrected chi connectivity index (χ4v) is 3.09. The molecule has 0 radical (unpaired) electrons. The fourth-order valence-electron chi connectivity index (χ4n) is 2.26. The molecule has 0 bridgehead atoms. The van der Waals surface area contributed by atoms with Gasteiger partial charge in [-0.2, -0.15) is 13.5 Å². The first-order chi connectivity index (χ1) is 12.6. The first-order valence-corrected chi connectivity index (χ1v) is 8.65. The Morgan fingerprint density at radius 2 is 1.88 bits per heavy atom. The predicted octanol–water partition coefficient (Wildman–Crippen LogP) is 3.87. The first kappa shape index (κ1) is 18.1. The van der Waals surface area contributed by atoms with Crippen LogP contribution in [0.3, 0.4) is 0 Å². The van der Waals surface area contributed by atoms with Crippen LogP contribution in [0.25, 0.3) is 5.69 Å². The number of benzene rings is 2. The number of hydrogen-bond acceptors (Lipinski definition) is 6. The van der Waals surface area contributed by atoms with Crippen LogP contribution in [0.4, 0.5) is 8.78 Å². The third kappa shape index (κ3) is 4.29. The van der Waals surface area contributed by atoms with Gasteiger partial charge in [0.1, 0.15) is 0 Å². The lowest BCUT2D eigenvalue weighted by molar-refractivity contribution is -0.0512. The van der Waals surface area contributed by atoms with Crippen LogP contribution in [0.1, 0.15) is 11.1 Å². The molecule has 0 aliphatic rings. The van der Waals surface area contributed by atoms with Crippen molar-refractivity contribution in [1.82, 2.24) is 20.2 Å². The molecule has 0 atom stereocenters. The molecule has 0 amide bonds. The average Bonchev–Trinajstić information content (AvgIpc) is 3.09. The molecule has 0 spiro atoms. The van der Waals surface area contributed by atoms with Crippen LogP contribution >= 0.6 is 11.8 Å². The highest BCUT2D eigenvalue weighted by Crippen LogP contribution is 2.32. The summed E-state index contributed by atoms with van der Waals surface area (Å²) in [6.45, 7) is -0.892. The molecule has 0 saturated heterocycles. The quantitative estimate of drug-likeness (QED) is 0.582. The molecule has 1 aromatic heterocycles. The molecule has 3 aromatic rings. The van der Waals surface area contributed by atoms with Crippen LogP contribution in [-0.2, 0) is 5.75 Å². The Balaban J connectivity index is 1.74. The lowest BCUT2D eigenvalue weighted by atomic mass is 10.2. The van der Waals surface area contributed by atoms with Gasteiger partial charge in [-0.25, -0.2) is 0 Å². The standard InChI is InChI=1S/C17H16F2N4O2S/c1-11-3-6-13(7-4-11)23-17(20-21-22-23)26-10-12-5-8-14(25-16(18)19)15(9-12)24-2/h3-9,16H,10H2,1-2H3. The highest BCUT2D eigenvalue weighted by molar-refractivity contribution is 7.98. The molecule has 0 aliphatic carbocycles. The Labute approximate surface area is 153 Å². The second-order valence-corrected chi connectivity index (χ2v) is 6.30. The third-order valence-electron chi connectivity index (χ3n) is 3.53. The highest BCUT2D eigenvalue weighted by atomic mass is 32.2. The van der Waals surface area contributed by atoms with Gasteiger partial charge in [0, 0.05) is 5.75 Å². The monoisotopic (exact) mass is 378 g/mol. The van der Waals surface area contributed by atoms with E-state index in [1.165, 1.54) is 24.9 Å². The van der Waals surface area contributed by atoms with Crippen molar-refractivity contribution < 1.29 is 18.3 Å². The minimum absolute atomic E-state index is 0.000684. The summed E-state index contributed by atoms with van der Waals surface area (Å²) >= 11 is 1.43. The summed E-state index contributed by atoms with van der Waals surface area (Å²) < 4.78 is 36.0. The van der Waals surface area contributed by atoms with Gasteiger partial charge in [0.2, 0.25) is 5.16 Å². The summed E-state index contributed by atoms with van der Waals surface area (Å²) in [5, 5.41) is 12.4. The minimum atomic E-state index is -2.90. The maximum atomic E-state index is 12.4. The summed E-state index contributed by atoms with van der Waals surface area (Å²) in [6, 6.07) is 12.7. The van der Waals surface area contributed by atoms with Crippen molar-refractivity contribution in [2.75, 3.05) is 7.11 Å². The van der Waals surface area contributed by atoms with Crippen LogP contribution in [0.2, 0.25) is 0 Å². The average molecular weight is 378 g/mol. The largest absolute Gasteiger partial charge is 0.493 e. The van der Waals surface area contributed by atoms with Crippen LogP contribution in [0, 0.1) is 6.92 Å². The Morgan fingerprint density at radius 1 is 1.12 bits per heavy atom. The van der Waals surface area contributed by atoms with E-state index in [9.17, 15) is 8.78 Å². The number of alkyl halides is 2. The molecule has 0 aliphatic heterocycles. The Hall–Kier alpha value is -2.68. The smallest absolute Gasteiger partial charge is 0.387 e. The zero-order valence-electron chi connectivity index (χ0n) is 14.1. The van der Waals surface area contributed by atoms with E-state index in [1.54, 1.807) is 16.8 Å². The molecule has 26 heavy (non-hydrogen) atoms. The van der Waals surface area contributed by atoms with Crippen molar-refractivity contribution in [1.29, 1.82) is 0 Å². The Kier molecular flexibility index (Phi) is 5.67.